The molecule has 19 heavy (non-hydrogen) atoms. The van der Waals surface area contributed by atoms with Gasteiger partial charge in [-0.25, -0.2) is 8.78 Å². The van der Waals surface area contributed by atoms with Crippen LogP contribution in [0.1, 0.15) is 24.8 Å². The normalized spacial score (nSPS) is 18.9. The van der Waals surface area contributed by atoms with E-state index in [-0.39, 0.29) is 23.2 Å². The minimum absolute atomic E-state index is 0.0179. The van der Waals surface area contributed by atoms with Crippen molar-refractivity contribution in [3.8, 4) is 11.5 Å². The second-order valence-electron chi connectivity index (χ2n) is 4.31. The Hall–Kier alpha value is -2.02. The number of ether oxygens (including phenoxy) is 1. The molecule has 2 heterocycles. The molecule has 1 fully saturated rings. The molecule has 0 saturated carbocycles. The average Bonchev–Trinajstić information content (AvgIpc) is 3.03. The van der Waals surface area contributed by atoms with Gasteiger partial charge in [-0.3, -0.25) is 0 Å². The molecule has 1 aliphatic heterocycles. The van der Waals surface area contributed by atoms with Gasteiger partial charge in [0.15, 0.2) is 0 Å². The van der Waals surface area contributed by atoms with Crippen molar-refractivity contribution < 1.29 is 18.0 Å². The Balaban J connectivity index is 1.96. The zero-order chi connectivity index (χ0) is 13.4. The van der Waals surface area contributed by atoms with Crippen LogP contribution in [-0.4, -0.2) is 16.7 Å². The number of nitrogens with two attached hydrogens (primary N) is 1. The van der Waals surface area contributed by atoms with Gasteiger partial charge in [0.05, 0.1) is 11.3 Å². The third kappa shape index (κ3) is 2.17. The number of nitrogens with zero attached hydrogens (tertiary/aromatic N) is 2. The number of benzene rings is 1. The van der Waals surface area contributed by atoms with Crippen molar-refractivity contribution in [3.63, 3.8) is 0 Å². The molecular formula is C12H11F2N3O2. The quantitative estimate of drug-likeness (QED) is 0.846. The number of halogens is 2. The minimum atomic E-state index is -0.819. The molecule has 0 radical (unpaired) electrons. The van der Waals surface area contributed by atoms with Gasteiger partial charge in [0.25, 0.3) is 5.89 Å². The monoisotopic (exact) mass is 267 g/mol. The van der Waals surface area contributed by atoms with Crippen LogP contribution < -0.4 is 5.73 Å². The lowest BCUT2D eigenvalue weighted by atomic mass is 10.2. The Morgan fingerprint density at radius 3 is 2.84 bits per heavy atom. The second kappa shape index (κ2) is 4.58. The van der Waals surface area contributed by atoms with E-state index in [1.807, 2.05) is 0 Å². The number of aromatic nitrogens is 2. The van der Waals surface area contributed by atoms with Crippen LogP contribution in [0, 0.1) is 11.6 Å². The zero-order valence-corrected chi connectivity index (χ0v) is 9.90. The van der Waals surface area contributed by atoms with Crippen molar-refractivity contribution >= 4 is 5.69 Å². The molecule has 100 valence electrons. The van der Waals surface area contributed by atoms with E-state index in [1.165, 1.54) is 0 Å². The molecule has 2 N–H and O–H groups in total. The van der Waals surface area contributed by atoms with Crippen molar-refractivity contribution in [2.24, 2.45) is 0 Å². The summed E-state index contributed by atoms with van der Waals surface area (Å²) in [5.74, 6) is -1.28. The molecule has 1 aliphatic rings. The summed E-state index contributed by atoms with van der Waals surface area (Å²) in [6.45, 7) is 0.645. The fourth-order valence-corrected chi connectivity index (χ4v) is 1.99. The van der Waals surface area contributed by atoms with E-state index in [0.717, 1.165) is 18.9 Å². The van der Waals surface area contributed by atoms with Crippen LogP contribution in [0.4, 0.5) is 14.5 Å². The summed E-state index contributed by atoms with van der Waals surface area (Å²) in [6, 6.07) is 1.83. The Morgan fingerprint density at radius 1 is 1.26 bits per heavy atom. The highest BCUT2D eigenvalue weighted by Crippen LogP contribution is 2.30. The SMILES string of the molecule is Nc1cc(-c2nc(C3CCCO3)no2)c(F)cc1F. The van der Waals surface area contributed by atoms with Crippen LogP contribution in [0.2, 0.25) is 0 Å². The molecule has 0 spiro atoms. The van der Waals surface area contributed by atoms with Gasteiger partial charge in [-0.15, -0.1) is 0 Å². The Bertz CT molecular complexity index is 609. The topological polar surface area (TPSA) is 74.2 Å². The predicted octanol–water partition coefficient (Wildman–Crippen LogP) is 2.45. The first-order chi connectivity index (χ1) is 9.15. The van der Waals surface area contributed by atoms with E-state index in [9.17, 15) is 8.78 Å². The maximum atomic E-state index is 13.6. The molecule has 0 bridgehead atoms. The highest BCUT2D eigenvalue weighted by Gasteiger charge is 2.24. The molecule has 2 aromatic rings. The van der Waals surface area contributed by atoms with Gasteiger partial charge in [0.2, 0.25) is 5.82 Å². The van der Waals surface area contributed by atoms with Crippen molar-refractivity contribution in [2.45, 2.75) is 18.9 Å². The largest absolute Gasteiger partial charge is 0.396 e. The molecule has 7 heteroatoms. The fraction of sp³-hybridized carbons (Fsp3) is 0.333. The molecule has 5 nitrogen and oxygen atoms in total. The zero-order valence-electron chi connectivity index (χ0n) is 9.90. The van der Waals surface area contributed by atoms with Gasteiger partial charge in [-0.05, 0) is 18.9 Å². The molecule has 1 atom stereocenters. The lowest BCUT2D eigenvalue weighted by Crippen LogP contribution is -1.98. The number of nitrogen functional groups attached to an aromatic ring is 1. The van der Waals surface area contributed by atoms with Crippen LogP contribution in [0.25, 0.3) is 11.5 Å². The van der Waals surface area contributed by atoms with E-state index in [0.29, 0.717) is 18.5 Å². The summed E-state index contributed by atoms with van der Waals surface area (Å²) >= 11 is 0. The van der Waals surface area contributed by atoms with Gasteiger partial charge < -0.3 is 15.0 Å². The van der Waals surface area contributed by atoms with E-state index in [2.05, 4.69) is 10.1 Å². The Kier molecular flexibility index (Phi) is 2.90. The maximum Gasteiger partial charge on any atom is 0.261 e. The summed E-state index contributed by atoms with van der Waals surface area (Å²) in [5, 5.41) is 3.76. The van der Waals surface area contributed by atoms with Crippen LogP contribution in [0.5, 0.6) is 0 Å². The van der Waals surface area contributed by atoms with E-state index in [4.69, 9.17) is 15.0 Å². The Labute approximate surface area is 107 Å². The molecule has 1 aromatic carbocycles. The van der Waals surface area contributed by atoms with Gasteiger partial charge in [-0.1, -0.05) is 5.16 Å². The van der Waals surface area contributed by atoms with Crippen LogP contribution in [0.3, 0.4) is 0 Å². The first-order valence-electron chi connectivity index (χ1n) is 5.85. The second-order valence-corrected chi connectivity index (χ2v) is 4.31. The average molecular weight is 267 g/mol. The number of hydrogen-bond acceptors (Lipinski definition) is 5. The van der Waals surface area contributed by atoms with Crippen molar-refractivity contribution in [2.75, 3.05) is 12.3 Å². The van der Waals surface area contributed by atoms with Gasteiger partial charge in [-0.2, -0.15) is 4.98 Å². The summed E-state index contributed by atoms with van der Waals surface area (Å²) in [6.07, 6.45) is 1.50. The molecule has 0 amide bonds. The third-order valence-electron chi connectivity index (χ3n) is 2.98. The maximum absolute atomic E-state index is 13.6. The van der Waals surface area contributed by atoms with Gasteiger partial charge in [0.1, 0.15) is 17.7 Å². The molecule has 1 unspecified atom stereocenters. The van der Waals surface area contributed by atoms with Crippen molar-refractivity contribution in [3.05, 3.63) is 29.6 Å². The molecule has 3 rings (SSSR count). The van der Waals surface area contributed by atoms with E-state index < -0.39 is 11.6 Å². The van der Waals surface area contributed by atoms with E-state index in [1.54, 1.807) is 0 Å². The van der Waals surface area contributed by atoms with Gasteiger partial charge in [0, 0.05) is 12.7 Å². The number of rotatable bonds is 2. The first-order valence-corrected chi connectivity index (χ1v) is 5.85. The van der Waals surface area contributed by atoms with Crippen LogP contribution in [-0.2, 0) is 4.74 Å². The molecule has 1 saturated heterocycles. The fourth-order valence-electron chi connectivity index (χ4n) is 1.99. The summed E-state index contributed by atoms with van der Waals surface area (Å²) in [5.41, 5.74) is 5.21. The summed E-state index contributed by atoms with van der Waals surface area (Å²) < 4.78 is 37.1. The minimum Gasteiger partial charge on any atom is -0.396 e. The smallest absolute Gasteiger partial charge is 0.261 e. The van der Waals surface area contributed by atoms with Crippen LogP contribution in [0.15, 0.2) is 16.7 Å². The lowest BCUT2D eigenvalue weighted by molar-refractivity contribution is 0.103. The van der Waals surface area contributed by atoms with Crippen molar-refractivity contribution in [1.29, 1.82) is 0 Å². The standard InChI is InChI=1S/C12H11F2N3O2/c13-7-5-8(14)9(15)4-6(7)12-16-11(17-19-12)10-2-1-3-18-10/h4-5,10H,1-3,15H2. The highest BCUT2D eigenvalue weighted by atomic mass is 19.1. The van der Waals surface area contributed by atoms with Crippen LogP contribution >= 0.6 is 0 Å². The van der Waals surface area contributed by atoms with Crippen molar-refractivity contribution in [1.82, 2.24) is 10.1 Å². The first kappa shape index (κ1) is 12.0. The third-order valence-corrected chi connectivity index (χ3v) is 2.98. The number of anilines is 1. The number of hydrogen-bond donors (Lipinski definition) is 1. The Morgan fingerprint density at radius 2 is 2.11 bits per heavy atom. The summed E-state index contributed by atoms with van der Waals surface area (Å²) in [7, 11) is 0. The summed E-state index contributed by atoms with van der Waals surface area (Å²) in [4.78, 5) is 4.07. The predicted molar refractivity (Wildman–Crippen MR) is 62.0 cm³/mol. The molecule has 0 aliphatic carbocycles. The molecular weight excluding hydrogens is 256 g/mol. The lowest BCUT2D eigenvalue weighted by Gasteiger charge is -2.02. The molecule has 1 aromatic heterocycles. The van der Waals surface area contributed by atoms with Gasteiger partial charge >= 0.3 is 0 Å². The highest BCUT2D eigenvalue weighted by molar-refractivity contribution is 5.61. The van der Waals surface area contributed by atoms with E-state index >= 15 is 0 Å².